The van der Waals surface area contributed by atoms with E-state index in [9.17, 15) is 9.59 Å². The van der Waals surface area contributed by atoms with Crippen molar-refractivity contribution in [1.29, 1.82) is 0 Å². The summed E-state index contributed by atoms with van der Waals surface area (Å²) in [6.07, 6.45) is 1.48. The molecule has 124 valence electrons. The van der Waals surface area contributed by atoms with Gasteiger partial charge in [-0.3, -0.25) is 14.6 Å². The molecule has 24 heavy (non-hydrogen) atoms. The minimum absolute atomic E-state index is 0.177. The number of pyridine rings is 1. The molecule has 0 unspecified atom stereocenters. The first-order chi connectivity index (χ1) is 11.6. The van der Waals surface area contributed by atoms with E-state index >= 15 is 0 Å². The molecular weight excluding hydrogens is 306 g/mol. The molecule has 1 aromatic heterocycles. The van der Waals surface area contributed by atoms with Gasteiger partial charge in [0.05, 0.1) is 13.2 Å². The number of aromatic nitrogens is 1. The molecule has 2 amide bonds. The number of ether oxygens (including phenoxy) is 1. The van der Waals surface area contributed by atoms with Crippen LogP contribution in [0.15, 0.2) is 42.6 Å². The number of anilines is 1. The second-order valence-corrected chi connectivity index (χ2v) is 5.66. The van der Waals surface area contributed by atoms with Gasteiger partial charge in [-0.2, -0.15) is 0 Å². The molecule has 0 aliphatic carbocycles. The highest BCUT2D eigenvalue weighted by molar-refractivity contribution is 6.05. The van der Waals surface area contributed by atoms with E-state index in [1.165, 1.54) is 12.3 Å². The predicted octanol–water partition coefficient (Wildman–Crippen LogP) is 2.11. The van der Waals surface area contributed by atoms with E-state index in [0.29, 0.717) is 31.9 Å². The Morgan fingerprint density at radius 3 is 2.71 bits per heavy atom. The number of carbonyl (C=O) groups is 2. The molecule has 0 spiro atoms. The van der Waals surface area contributed by atoms with E-state index in [4.69, 9.17) is 4.74 Å². The van der Waals surface area contributed by atoms with Crippen LogP contribution in [0.5, 0.6) is 0 Å². The Morgan fingerprint density at radius 1 is 1.17 bits per heavy atom. The lowest BCUT2D eigenvalue weighted by molar-refractivity contribution is 0.0299. The van der Waals surface area contributed by atoms with Crippen molar-refractivity contribution >= 4 is 17.5 Å². The van der Waals surface area contributed by atoms with Crippen LogP contribution in [0, 0.1) is 6.92 Å². The Hall–Kier alpha value is -2.73. The van der Waals surface area contributed by atoms with Gasteiger partial charge < -0.3 is 15.0 Å². The summed E-state index contributed by atoms with van der Waals surface area (Å²) in [5.41, 5.74) is 2.46. The molecule has 6 heteroatoms. The number of rotatable bonds is 3. The first-order valence-electron chi connectivity index (χ1n) is 7.84. The van der Waals surface area contributed by atoms with Crippen LogP contribution in [0.3, 0.4) is 0 Å². The van der Waals surface area contributed by atoms with Crippen LogP contribution in [-0.2, 0) is 4.74 Å². The zero-order valence-electron chi connectivity index (χ0n) is 13.5. The quantitative estimate of drug-likeness (QED) is 0.938. The molecule has 2 heterocycles. The maximum absolute atomic E-state index is 12.5. The number of amides is 2. The van der Waals surface area contributed by atoms with Crippen LogP contribution in [0.25, 0.3) is 0 Å². The molecular formula is C18H19N3O3. The first kappa shape index (κ1) is 16.1. The number of carbonyl (C=O) groups excluding carboxylic acids is 2. The third-order valence-electron chi connectivity index (χ3n) is 3.82. The van der Waals surface area contributed by atoms with E-state index in [0.717, 1.165) is 11.3 Å². The summed E-state index contributed by atoms with van der Waals surface area (Å²) in [6, 6.07) is 10.7. The van der Waals surface area contributed by atoms with Gasteiger partial charge in [0.25, 0.3) is 11.8 Å². The average molecular weight is 325 g/mol. The van der Waals surface area contributed by atoms with Crippen LogP contribution in [0.1, 0.15) is 26.4 Å². The van der Waals surface area contributed by atoms with Crippen molar-refractivity contribution in [3.8, 4) is 0 Å². The summed E-state index contributed by atoms with van der Waals surface area (Å²) in [4.78, 5) is 30.6. The second kappa shape index (κ2) is 7.23. The summed E-state index contributed by atoms with van der Waals surface area (Å²) in [5.74, 6) is -0.442. The normalized spacial score (nSPS) is 14.3. The minimum atomic E-state index is -0.265. The standard InChI is InChI=1S/C18H19N3O3/c1-13-3-2-4-15(11-13)20-17(22)14-5-6-19-16(12-14)18(23)21-7-9-24-10-8-21/h2-6,11-12H,7-10H2,1H3,(H,20,22). The van der Waals surface area contributed by atoms with Crippen LogP contribution >= 0.6 is 0 Å². The number of aryl methyl sites for hydroxylation is 1. The molecule has 3 rings (SSSR count). The summed E-state index contributed by atoms with van der Waals surface area (Å²) in [6.45, 7) is 4.10. The number of morpholine rings is 1. The van der Waals surface area contributed by atoms with Crippen LogP contribution < -0.4 is 5.32 Å². The fourth-order valence-electron chi connectivity index (χ4n) is 2.54. The molecule has 6 nitrogen and oxygen atoms in total. The van der Waals surface area contributed by atoms with Crippen LogP contribution in [0.2, 0.25) is 0 Å². The van der Waals surface area contributed by atoms with E-state index in [1.54, 1.807) is 11.0 Å². The van der Waals surface area contributed by atoms with Crippen molar-refractivity contribution in [2.24, 2.45) is 0 Å². The van der Waals surface area contributed by atoms with E-state index < -0.39 is 0 Å². The fourth-order valence-corrected chi connectivity index (χ4v) is 2.54. The summed E-state index contributed by atoms with van der Waals surface area (Å²) < 4.78 is 5.25. The summed E-state index contributed by atoms with van der Waals surface area (Å²) in [7, 11) is 0. The molecule has 1 N–H and O–H groups in total. The van der Waals surface area contributed by atoms with Gasteiger partial charge in [-0.15, -0.1) is 0 Å². The molecule has 0 saturated carbocycles. The summed E-state index contributed by atoms with van der Waals surface area (Å²) >= 11 is 0. The Kier molecular flexibility index (Phi) is 4.86. The molecule has 1 aliphatic heterocycles. The molecule has 2 aromatic rings. The number of hydrogen-bond acceptors (Lipinski definition) is 4. The number of hydrogen-bond donors (Lipinski definition) is 1. The van der Waals surface area contributed by atoms with Crippen molar-refractivity contribution in [2.75, 3.05) is 31.6 Å². The predicted molar refractivity (Wildman–Crippen MR) is 90.1 cm³/mol. The molecule has 0 atom stereocenters. The monoisotopic (exact) mass is 325 g/mol. The largest absolute Gasteiger partial charge is 0.378 e. The molecule has 0 bridgehead atoms. The topological polar surface area (TPSA) is 71.5 Å². The average Bonchev–Trinajstić information content (AvgIpc) is 2.62. The fraction of sp³-hybridized carbons (Fsp3) is 0.278. The highest BCUT2D eigenvalue weighted by Crippen LogP contribution is 2.13. The van der Waals surface area contributed by atoms with Gasteiger partial charge >= 0.3 is 0 Å². The molecule has 1 aliphatic rings. The zero-order valence-corrected chi connectivity index (χ0v) is 13.5. The van der Waals surface area contributed by atoms with Gasteiger partial charge in [-0.05, 0) is 36.8 Å². The van der Waals surface area contributed by atoms with Gasteiger partial charge in [0.2, 0.25) is 0 Å². The molecule has 1 fully saturated rings. The van der Waals surface area contributed by atoms with E-state index in [2.05, 4.69) is 10.3 Å². The maximum atomic E-state index is 12.5. The van der Waals surface area contributed by atoms with Crippen LogP contribution in [-0.4, -0.2) is 48.0 Å². The van der Waals surface area contributed by atoms with Gasteiger partial charge in [0.1, 0.15) is 5.69 Å². The van der Waals surface area contributed by atoms with Crippen molar-refractivity contribution in [3.05, 3.63) is 59.4 Å². The van der Waals surface area contributed by atoms with Crippen molar-refractivity contribution in [2.45, 2.75) is 6.92 Å². The lowest BCUT2D eigenvalue weighted by atomic mass is 10.1. The van der Waals surface area contributed by atoms with Crippen LogP contribution in [0.4, 0.5) is 5.69 Å². The zero-order chi connectivity index (χ0) is 16.9. The third-order valence-corrected chi connectivity index (χ3v) is 3.82. The highest BCUT2D eigenvalue weighted by atomic mass is 16.5. The molecule has 0 radical (unpaired) electrons. The Morgan fingerprint density at radius 2 is 1.96 bits per heavy atom. The number of nitrogens with zero attached hydrogens (tertiary/aromatic N) is 2. The van der Waals surface area contributed by atoms with Gasteiger partial charge in [-0.1, -0.05) is 12.1 Å². The number of nitrogens with one attached hydrogen (secondary N) is 1. The SMILES string of the molecule is Cc1cccc(NC(=O)c2ccnc(C(=O)N3CCOCC3)c2)c1. The van der Waals surface area contributed by atoms with Crippen molar-refractivity contribution in [3.63, 3.8) is 0 Å². The Balaban J connectivity index is 1.74. The maximum Gasteiger partial charge on any atom is 0.272 e. The highest BCUT2D eigenvalue weighted by Gasteiger charge is 2.20. The van der Waals surface area contributed by atoms with Gasteiger partial charge in [0, 0.05) is 30.5 Å². The molecule has 1 aromatic carbocycles. The van der Waals surface area contributed by atoms with Gasteiger partial charge in [0.15, 0.2) is 0 Å². The minimum Gasteiger partial charge on any atom is -0.378 e. The Bertz CT molecular complexity index is 755. The van der Waals surface area contributed by atoms with Crippen molar-refractivity contribution in [1.82, 2.24) is 9.88 Å². The lowest BCUT2D eigenvalue weighted by Gasteiger charge is -2.26. The molecule has 1 saturated heterocycles. The number of benzene rings is 1. The van der Waals surface area contributed by atoms with Gasteiger partial charge in [-0.25, -0.2) is 0 Å². The smallest absolute Gasteiger partial charge is 0.272 e. The van der Waals surface area contributed by atoms with Crippen molar-refractivity contribution < 1.29 is 14.3 Å². The first-order valence-corrected chi connectivity index (χ1v) is 7.84. The second-order valence-electron chi connectivity index (χ2n) is 5.66. The Labute approximate surface area is 140 Å². The third kappa shape index (κ3) is 3.78. The summed E-state index contributed by atoms with van der Waals surface area (Å²) in [5, 5.41) is 2.83. The van der Waals surface area contributed by atoms with E-state index in [-0.39, 0.29) is 17.5 Å². The van der Waals surface area contributed by atoms with E-state index in [1.807, 2.05) is 31.2 Å². The lowest BCUT2D eigenvalue weighted by Crippen LogP contribution is -2.41.